The van der Waals surface area contributed by atoms with E-state index in [1.807, 2.05) is 24.3 Å². The molecule has 1 atom stereocenters. The van der Waals surface area contributed by atoms with E-state index in [9.17, 15) is 9.90 Å². The lowest BCUT2D eigenvalue weighted by Crippen LogP contribution is -2.49. The van der Waals surface area contributed by atoms with Crippen molar-refractivity contribution in [2.45, 2.75) is 38.6 Å². The summed E-state index contributed by atoms with van der Waals surface area (Å²) >= 11 is 6.68. The number of anilines is 1. The molecule has 1 aliphatic heterocycles. The Kier molecular flexibility index (Phi) is 6.99. The highest BCUT2D eigenvalue weighted by Crippen LogP contribution is 2.45. The Bertz CT molecular complexity index is 1220. The van der Waals surface area contributed by atoms with Gasteiger partial charge in [-0.15, -0.1) is 0 Å². The molecule has 1 N–H and O–H groups in total. The topological polar surface area (TPSA) is 49.8 Å². The molecule has 5 heteroatoms. The molecule has 4 nitrogen and oxygen atoms in total. The number of ether oxygens (including phenoxy) is 1. The van der Waals surface area contributed by atoms with Crippen LogP contribution >= 0.6 is 11.6 Å². The molecule has 0 fully saturated rings. The predicted octanol–water partition coefficient (Wildman–Crippen LogP) is 6.51. The van der Waals surface area contributed by atoms with E-state index in [0.29, 0.717) is 0 Å². The van der Waals surface area contributed by atoms with E-state index in [4.69, 9.17) is 11.6 Å². The number of rotatable bonds is 6. The molecule has 3 aromatic rings. The number of halogens is 1. The van der Waals surface area contributed by atoms with Crippen LogP contribution in [0.1, 0.15) is 48.1 Å². The van der Waals surface area contributed by atoms with Crippen LogP contribution in [0.25, 0.3) is 6.08 Å². The first kappa shape index (κ1) is 23.9. The zero-order chi connectivity index (χ0) is 24.3. The summed E-state index contributed by atoms with van der Waals surface area (Å²) in [5, 5.41) is 10.9. The van der Waals surface area contributed by atoms with E-state index in [1.54, 1.807) is 12.1 Å². The van der Waals surface area contributed by atoms with Crippen molar-refractivity contribution < 1.29 is 14.6 Å². The largest absolute Gasteiger partial charge is 0.508 e. The van der Waals surface area contributed by atoms with Gasteiger partial charge in [-0.2, -0.15) is 0 Å². The van der Waals surface area contributed by atoms with E-state index in [0.717, 1.165) is 58.8 Å². The third-order valence-corrected chi connectivity index (χ3v) is 7.06. The number of aryl methyl sites for hydroxylation is 1. The van der Waals surface area contributed by atoms with Crippen LogP contribution in [0.15, 0.2) is 66.7 Å². The van der Waals surface area contributed by atoms with Gasteiger partial charge in [0, 0.05) is 23.3 Å². The van der Waals surface area contributed by atoms with Crippen molar-refractivity contribution in [1.82, 2.24) is 0 Å². The maximum atomic E-state index is 11.5. The van der Waals surface area contributed by atoms with Gasteiger partial charge in [-0.3, -0.25) is 0 Å². The van der Waals surface area contributed by atoms with Crippen LogP contribution in [0.2, 0.25) is 5.02 Å². The molecule has 176 valence electrons. The number of nitrogens with zero attached hydrogens (tertiary/aromatic N) is 1. The monoisotopic (exact) mass is 475 g/mol. The van der Waals surface area contributed by atoms with Crippen molar-refractivity contribution >= 4 is 29.3 Å². The number of esters is 1. The molecule has 0 saturated carbocycles. The third kappa shape index (κ3) is 4.55. The molecular weight excluding hydrogens is 446 g/mol. The normalized spacial score (nSPS) is 17.6. The molecular formula is C29H30ClNO3. The van der Waals surface area contributed by atoms with Crippen molar-refractivity contribution in [1.29, 1.82) is 0 Å². The molecule has 0 saturated heterocycles. The number of phenols is 1. The fourth-order valence-corrected chi connectivity index (χ4v) is 5.16. The molecule has 34 heavy (non-hydrogen) atoms. The number of methoxy groups -OCH3 is 1. The zero-order valence-electron chi connectivity index (χ0n) is 19.8. The van der Waals surface area contributed by atoms with Crippen molar-refractivity contribution in [2.24, 2.45) is 0 Å². The molecule has 0 amide bonds. The molecule has 3 aromatic carbocycles. The number of aromatic hydroxyl groups is 1. The van der Waals surface area contributed by atoms with Crippen LogP contribution in [0, 0.1) is 0 Å². The van der Waals surface area contributed by atoms with Crippen molar-refractivity contribution in [3.63, 3.8) is 0 Å². The smallest absolute Gasteiger partial charge is 0.330 e. The van der Waals surface area contributed by atoms with Gasteiger partial charge in [-0.1, -0.05) is 61.3 Å². The second-order valence-electron chi connectivity index (χ2n) is 8.82. The van der Waals surface area contributed by atoms with Crippen LogP contribution in [-0.4, -0.2) is 24.7 Å². The van der Waals surface area contributed by atoms with Crippen LogP contribution in [0.4, 0.5) is 5.69 Å². The average molecular weight is 476 g/mol. The average Bonchev–Trinajstić information content (AvgIpc) is 2.84. The molecule has 1 heterocycles. The van der Waals surface area contributed by atoms with Gasteiger partial charge in [-0.25, -0.2) is 4.79 Å². The lowest BCUT2D eigenvalue weighted by atomic mass is 9.76. The molecule has 1 aliphatic rings. The third-order valence-electron chi connectivity index (χ3n) is 6.71. The second kappa shape index (κ2) is 9.94. The van der Waals surface area contributed by atoms with Gasteiger partial charge < -0.3 is 14.7 Å². The Hall–Kier alpha value is -3.24. The van der Waals surface area contributed by atoms with Crippen molar-refractivity contribution in [3.8, 4) is 5.75 Å². The number of benzene rings is 3. The minimum Gasteiger partial charge on any atom is -0.508 e. The van der Waals surface area contributed by atoms with Gasteiger partial charge in [0.15, 0.2) is 0 Å². The van der Waals surface area contributed by atoms with Crippen molar-refractivity contribution in [3.05, 3.63) is 99.6 Å². The Morgan fingerprint density at radius 1 is 1.15 bits per heavy atom. The van der Waals surface area contributed by atoms with E-state index >= 15 is 0 Å². The first-order chi connectivity index (χ1) is 16.4. The van der Waals surface area contributed by atoms with E-state index in [-0.39, 0.29) is 11.7 Å². The van der Waals surface area contributed by atoms with Gasteiger partial charge in [0.1, 0.15) is 5.75 Å². The molecule has 4 rings (SSSR count). The minimum atomic E-state index is -0.471. The maximum Gasteiger partial charge on any atom is 0.330 e. The Morgan fingerprint density at radius 2 is 1.91 bits per heavy atom. The van der Waals surface area contributed by atoms with Crippen LogP contribution in [0.3, 0.4) is 0 Å². The summed E-state index contributed by atoms with van der Waals surface area (Å²) in [5.74, 6) is -0.101. The summed E-state index contributed by atoms with van der Waals surface area (Å²) in [7, 11) is 1.37. The van der Waals surface area contributed by atoms with Crippen LogP contribution in [-0.2, 0) is 27.9 Å². The number of hydrogen-bond acceptors (Lipinski definition) is 4. The SMILES string of the molecule is CCCc1ccc(N2CCc3cc(O)ccc3C2(C)c2ccc(C=CC(=O)OC)cc2)cc1Cl. The predicted molar refractivity (Wildman–Crippen MR) is 139 cm³/mol. The summed E-state index contributed by atoms with van der Waals surface area (Å²) < 4.78 is 4.69. The summed E-state index contributed by atoms with van der Waals surface area (Å²) in [6.07, 6.45) is 6.00. The number of hydrogen-bond donors (Lipinski definition) is 1. The summed E-state index contributed by atoms with van der Waals surface area (Å²) in [6.45, 7) is 5.16. The first-order valence-electron chi connectivity index (χ1n) is 11.6. The fraction of sp³-hybridized carbons (Fsp3) is 0.276. The zero-order valence-corrected chi connectivity index (χ0v) is 20.6. The van der Waals surface area contributed by atoms with Crippen molar-refractivity contribution in [2.75, 3.05) is 18.6 Å². The second-order valence-corrected chi connectivity index (χ2v) is 9.23. The Labute approximate surface area is 206 Å². The van der Waals surface area contributed by atoms with Crippen LogP contribution in [0.5, 0.6) is 5.75 Å². The van der Waals surface area contributed by atoms with Gasteiger partial charge in [0.05, 0.1) is 12.6 Å². The molecule has 0 radical (unpaired) electrons. The summed E-state index contributed by atoms with van der Waals surface area (Å²) in [5.41, 5.74) is 6.09. The lowest BCUT2D eigenvalue weighted by Gasteiger charge is -2.48. The molecule has 0 spiro atoms. The highest BCUT2D eigenvalue weighted by atomic mass is 35.5. The van der Waals surface area contributed by atoms with Gasteiger partial charge in [0.2, 0.25) is 0 Å². The standard InChI is InChI=1S/C29H30ClNO3/c1-4-5-21-9-12-24(19-27(21)30)31-17-16-22-18-25(32)13-14-26(22)29(31,2)23-10-6-20(7-11-23)8-15-28(33)34-3/h6-15,18-19,32H,4-5,16-17H2,1-3H3. The maximum absolute atomic E-state index is 11.5. The first-order valence-corrected chi connectivity index (χ1v) is 12.0. The highest BCUT2D eigenvalue weighted by Gasteiger charge is 2.40. The Morgan fingerprint density at radius 3 is 2.59 bits per heavy atom. The van der Waals surface area contributed by atoms with Crippen LogP contribution < -0.4 is 4.90 Å². The van der Waals surface area contributed by atoms with Gasteiger partial charge in [-0.05, 0) is 77.9 Å². The van der Waals surface area contributed by atoms with Gasteiger partial charge in [0.25, 0.3) is 0 Å². The molecule has 0 aromatic heterocycles. The molecule has 0 bridgehead atoms. The highest BCUT2D eigenvalue weighted by molar-refractivity contribution is 6.31. The quantitative estimate of drug-likeness (QED) is 0.326. The van der Waals surface area contributed by atoms with E-state index < -0.39 is 5.54 Å². The summed E-state index contributed by atoms with van der Waals surface area (Å²) in [4.78, 5) is 13.9. The fourth-order valence-electron chi connectivity index (χ4n) is 4.89. The molecule has 0 aliphatic carbocycles. The lowest BCUT2D eigenvalue weighted by molar-refractivity contribution is -0.134. The number of fused-ring (bicyclic) bond motifs is 1. The number of carbonyl (C=O) groups is 1. The number of carbonyl (C=O) groups excluding carboxylic acids is 1. The summed E-state index contributed by atoms with van der Waals surface area (Å²) in [6, 6.07) is 20.2. The van der Waals surface area contributed by atoms with E-state index in [1.165, 1.54) is 18.7 Å². The van der Waals surface area contributed by atoms with E-state index in [2.05, 4.69) is 53.8 Å². The minimum absolute atomic E-state index is 0.282. The molecule has 1 unspecified atom stereocenters. The Balaban J connectivity index is 1.80. The van der Waals surface area contributed by atoms with Gasteiger partial charge >= 0.3 is 5.97 Å². The number of phenolic OH excluding ortho intramolecular Hbond substituents is 1.